The molecule has 2 aromatic carbocycles. The van der Waals surface area contributed by atoms with Crippen molar-refractivity contribution in [2.24, 2.45) is 5.92 Å². The first-order chi connectivity index (χ1) is 22.9. The number of nitrogens with zero attached hydrogens (tertiary/aromatic N) is 3. The smallest absolute Gasteiger partial charge is 0.127 e. The predicted molar refractivity (Wildman–Crippen MR) is 195 cm³/mol. The average molecular weight is 658 g/mol. The number of allylic oxidation sites excluding steroid dienone is 3. The van der Waals surface area contributed by atoms with Gasteiger partial charge in [0, 0.05) is 24.1 Å². The van der Waals surface area contributed by atoms with Crippen molar-refractivity contribution >= 4 is 0 Å². The maximum Gasteiger partial charge on any atom is 0.127 e. The summed E-state index contributed by atoms with van der Waals surface area (Å²) < 4.78 is 21.0. The molecular formula is C41H59N3O4. The first kappa shape index (κ1) is 37.4. The molecule has 262 valence electrons. The minimum atomic E-state index is -0.389. The number of phenols is 1. The summed E-state index contributed by atoms with van der Waals surface area (Å²) in [5.74, 6) is 1.40. The number of ether oxygens (including phenoxy) is 3. The lowest BCUT2D eigenvalue weighted by Crippen LogP contribution is -2.33. The molecule has 7 heteroatoms. The Morgan fingerprint density at radius 1 is 1.00 bits per heavy atom. The molecule has 4 rings (SSSR count). The summed E-state index contributed by atoms with van der Waals surface area (Å²) in [6.45, 7) is 21.2. The Balaban J connectivity index is 1.31. The highest BCUT2D eigenvalue weighted by Crippen LogP contribution is 2.47. The van der Waals surface area contributed by atoms with Crippen molar-refractivity contribution in [3.8, 4) is 11.5 Å². The number of aryl methyl sites for hydroxylation is 1. The second-order valence-corrected chi connectivity index (χ2v) is 14.9. The van der Waals surface area contributed by atoms with Crippen LogP contribution in [-0.2, 0) is 28.9 Å². The van der Waals surface area contributed by atoms with Crippen LogP contribution in [0, 0.1) is 5.92 Å². The molecule has 1 N–H and O–H groups in total. The summed E-state index contributed by atoms with van der Waals surface area (Å²) in [5, 5.41) is 20.1. The fraction of sp³-hybridized carbons (Fsp3) is 0.561. The van der Waals surface area contributed by atoms with E-state index in [9.17, 15) is 5.11 Å². The summed E-state index contributed by atoms with van der Waals surface area (Å²) >= 11 is 0. The van der Waals surface area contributed by atoms with E-state index >= 15 is 0 Å². The van der Waals surface area contributed by atoms with Crippen LogP contribution in [0.5, 0.6) is 11.5 Å². The summed E-state index contributed by atoms with van der Waals surface area (Å²) in [7, 11) is 0. The molecule has 0 fully saturated rings. The van der Waals surface area contributed by atoms with Crippen LogP contribution >= 0.6 is 0 Å². The van der Waals surface area contributed by atoms with Crippen LogP contribution in [0.2, 0.25) is 0 Å². The van der Waals surface area contributed by atoms with Crippen LogP contribution < -0.4 is 4.74 Å². The van der Waals surface area contributed by atoms with E-state index in [1.165, 1.54) is 17.6 Å². The van der Waals surface area contributed by atoms with Gasteiger partial charge in [-0.2, -0.15) is 0 Å². The van der Waals surface area contributed by atoms with Gasteiger partial charge < -0.3 is 19.3 Å². The second kappa shape index (κ2) is 17.3. The normalized spacial score (nSPS) is 16.9. The fourth-order valence-corrected chi connectivity index (χ4v) is 6.62. The molecule has 1 heterocycles. The minimum absolute atomic E-state index is 0.0437. The highest BCUT2D eigenvalue weighted by molar-refractivity contribution is 5.52. The molecule has 0 spiro atoms. The van der Waals surface area contributed by atoms with E-state index in [-0.39, 0.29) is 23.0 Å². The van der Waals surface area contributed by atoms with Gasteiger partial charge in [0.2, 0.25) is 0 Å². The summed E-state index contributed by atoms with van der Waals surface area (Å²) in [6, 6.07) is 14.4. The summed E-state index contributed by atoms with van der Waals surface area (Å²) in [5.41, 5.74) is 5.81. The molecule has 48 heavy (non-hydrogen) atoms. The zero-order chi connectivity index (χ0) is 34.7. The molecular weight excluding hydrogens is 598 g/mol. The summed E-state index contributed by atoms with van der Waals surface area (Å²) in [4.78, 5) is 0. The van der Waals surface area contributed by atoms with Crippen LogP contribution in [0.25, 0.3) is 0 Å². The van der Waals surface area contributed by atoms with E-state index in [1.807, 2.05) is 35.1 Å². The molecule has 2 atom stereocenters. The largest absolute Gasteiger partial charge is 0.507 e. The van der Waals surface area contributed by atoms with Gasteiger partial charge >= 0.3 is 0 Å². The molecule has 7 nitrogen and oxygen atoms in total. The molecule has 1 aliphatic rings. The van der Waals surface area contributed by atoms with E-state index in [4.69, 9.17) is 14.2 Å². The van der Waals surface area contributed by atoms with Gasteiger partial charge in [-0.25, -0.2) is 4.68 Å². The Morgan fingerprint density at radius 3 is 2.48 bits per heavy atom. The van der Waals surface area contributed by atoms with Crippen molar-refractivity contribution in [2.75, 3.05) is 19.8 Å². The van der Waals surface area contributed by atoms with Gasteiger partial charge in [0.05, 0.1) is 36.7 Å². The highest BCUT2D eigenvalue weighted by Gasteiger charge is 2.31. The number of unbranched alkanes of at least 4 members (excludes halogenated alkanes) is 2. The van der Waals surface area contributed by atoms with Crippen molar-refractivity contribution < 1.29 is 19.3 Å². The Labute approximate surface area is 289 Å². The third-order valence-electron chi connectivity index (χ3n) is 9.37. The van der Waals surface area contributed by atoms with E-state index in [0.29, 0.717) is 38.5 Å². The molecule has 0 bridgehead atoms. The van der Waals surface area contributed by atoms with Crippen molar-refractivity contribution in [3.05, 3.63) is 94.8 Å². The third kappa shape index (κ3) is 11.3. The molecule has 3 aromatic rings. The second-order valence-electron chi connectivity index (χ2n) is 14.9. The maximum absolute atomic E-state index is 11.4. The van der Waals surface area contributed by atoms with Crippen LogP contribution in [0.15, 0.2) is 72.5 Å². The number of rotatable bonds is 19. The number of benzene rings is 2. The molecule has 0 radical (unpaired) electrons. The van der Waals surface area contributed by atoms with Crippen molar-refractivity contribution in [3.63, 3.8) is 0 Å². The molecule has 0 aliphatic heterocycles. The Morgan fingerprint density at radius 2 is 1.75 bits per heavy atom. The molecule has 0 saturated heterocycles. The topological polar surface area (TPSA) is 78.6 Å². The average Bonchev–Trinajstić information content (AvgIpc) is 3.45. The predicted octanol–water partition coefficient (Wildman–Crippen LogP) is 9.38. The van der Waals surface area contributed by atoms with Crippen LogP contribution in [0.4, 0.5) is 0 Å². The lowest BCUT2D eigenvalue weighted by Gasteiger charge is -2.32. The lowest BCUT2D eigenvalue weighted by molar-refractivity contribution is -0.0765. The first-order valence-corrected chi connectivity index (χ1v) is 17.9. The van der Waals surface area contributed by atoms with Crippen LogP contribution in [0.1, 0.15) is 115 Å². The lowest BCUT2D eigenvalue weighted by atomic mass is 9.73. The number of aromatic nitrogens is 3. The summed E-state index contributed by atoms with van der Waals surface area (Å²) in [6.07, 6.45) is 12.1. The van der Waals surface area contributed by atoms with E-state index in [0.717, 1.165) is 66.7 Å². The zero-order valence-electron chi connectivity index (χ0n) is 30.6. The Hall–Kier alpha value is -3.42. The monoisotopic (exact) mass is 657 g/mol. The van der Waals surface area contributed by atoms with Gasteiger partial charge in [-0.3, -0.25) is 0 Å². The Bertz CT molecular complexity index is 1490. The van der Waals surface area contributed by atoms with E-state index in [1.54, 1.807) is 0 Å². The quantitative estimate of drug-likeness (QED) is 0.102. The maximum atomic E-state index is 11.4. The molecule has 0 saturated carbocycles. The number of hydrogen-bond donors (Lipinski definition) is 1. The van der Waals surface area contributed by atoms with Gasteiger partial charge in [0.25, 0.3) is 0 Å². The van der Waals surface area contributed by atoms with Gasteiger partial charge in [-0.1, -0.05) is 79.1 Å². The number of hydrogen-bond acceptors (Lipinski definition) is 6. The van der Waals surface area contributed by atoms with E-state index < -0.39 is 0 Å². The number of aromatic hydroxyl groups is 1. The van der Waals surface area contributed by atoms with Gasteiger partial charge in [0.1, 0.15) is 18.1 Å². The molecule has 0 amide bonds. The fourth-order valence-electron chi connectivity index (χ4n) is 6.62. The van der Waals surface area contributed by atoms with Gasteiger partial charge in [0.15, 0.2) is 0 Å². The molecule has 1 aromatic heterocycles. The number of phenolic OH excluding ortho intramolecular Hbond substituents is 1. The SMILES string of the molecule is C=C(C)C1CCC(C)=CC1c1c(O)cc(CCCCC)cc1OCCOC(C)(C)CCOC(C)(C)Cc1cn(Cc2ccccc2)nn1. The van der Waals surface area contributed by atoms with Crippen LogP contribution in [-0.4, -0.2) is 51.1 Å². The van der Waals surface area contributed by atoms with Crippen LogP contribution in [0.3, 0.4) is 0 Å². The third-order valence-corrected chi connectivity index (χ3v) is 9.37. The minimum Gasteiger partial charge on any atom is -0.507 e. The molecule has 1 aliphatic carbocycles. The van der Waals surface area contributed by atoms with Crippen molar-refractivity contribution in [1.29, 1.82) is 0 Å². The van der Waals surface area contributed by atoms with E-state index in [2.05, 4.69) is 89.6 Å². The standard InChI is InChI=1S/C41H59N3O4/c1-9-10-12-17-33-25-37(45)39(36-24-31(4)18-19-35(36)30(2)3)38(26-33)46-22-23-48-40(5,6)20-21-47-41(7,8)27-34-29-44(43-42-34)28-32-15-13-11-14-16-32/h11,13-16,24-26,29,35-36,45H,2,9-10,12,17-23,27-28H2,1,3-8H3. The Kier molecular flexibility index (Phi) is 13.5. The van der Waals surface area contributed by atoms with Gasteiger partial charge in [-0.05, 0) is 103 Å². The highest BCUT2D eigenvalue weighted by atomic mass is 16.5. The molecule has 2 unspecified atom stereocenters. The zero-order valence-corrected chi connectivity index (χ0v) is 30.6. The van der Waals surface area contributed by atoms with Crippen molar-refractivity contribution in [2.45, 2.75) is 123 Å². The first-order valence-electron chi connectivity index (χ1n) is 17.9. The van der Waals surface area contributed by atoms with Gasteiger partial charge in [-0.15, -0.1) is 5.10 Å². The van der Waals surface area contributed by atoms with Crippen molar-refractivity contribution in [1.82, 2.24) is 15.0 Å².